The Hall–Kier alpha value is -2.61. The van der Waals surface area contributed by atoms with E-state index in [1.54, 1.807) is 25.3 Å². The zero-order chi connectivity index (χ0) is 20.1. The minimum atomic E-state index is -3.41. The van der Waals surface area contributed by atoms with E-state index >= 15 is 0 Å². The molecule has 1 aliphatic rings. The lowest BCUT2D eigenvalue weighted by molar-refractivity contribution is 0.0950. The van der Waals surface area contributed by atoms with Crippen LogP contribution in [0.1, 0.15) is 47.2 Å². The smallest absolute Gasteiger partial charge is 0.251 e. The summed E-state index contributed by atoms with van der Waals surface area (Å²) in [4.78, 5) is 16.7. The summed E-state index contributed by atoms with van der Waals surface area (Å²) in [6.45, 7) is 2.10. The lowest BCUT2D eigenvalue weighted by Gasteiger charge is -2.13. The maximum atomic E-state index is 12.5. The van der Waals surface area contributed by atoms with Crippen LogP contribution in [-0.2, 0) is 16.6 Å². The third-order valence-electron chi connectivity index (χ3n) is 4.64. The second-order valence-electron chi connectivity index (χ2n) is 7.11. The molecule has 7 nitrogen and oxygen atoms in total. The van der Waals surface area contributed by atoms with E-state index in [0.717, 1.165) is 30.2 Å². The van der Waals surface area contributed by atoms with Crippen molar-refractivity contribution in [3.8, 4) is 5.88 Å². The Kier molecular flexibility index (Phi) is 6.18. The van der Waals surface area contributed by atoms with Gasteiger partial charge in [0.15, 0.2) is 0 Å². The number of anilines is 1. The first kappa shape index (κ1) is 20.1. The molecule has 0 spiro atoms. The summed E-state index contributed by atoms with van der Waals surface area (Å²) in [7, 11) is -3.41. The van der Waals surface area contributed by atoms with Crippen LogP contribution in [0.2, 0.25) is 0 Å². The van der Waals surface area contributed by atoms with Crippen molar-refractivity contribution in [1.82, 2.24) is 10.3 Å². The molecule has 1 heterocycles. The van der Waals surface area contributed by atoms with E-state index in [9.17, 15) is 13.2 Å². The van der Waals surface area contributed by atoms with Crippen molar-refractivity contribution in [2.45, 2.75) is 45.3 Å². The number of amides is 1. The van der Waals surface area contributed by atoms with Crippen LogP contribution in [0.5, 0.6) is 5.88 Å². The lowest BCUT2D eigenvalue weighted by atomic mass is 10.1. The van der Waals surface area contributed by atoms with Gasteiger partial charge in [-0.15, -0.1) is 0 Å². The summed E-state index contributed by atoms with van der Waals surface area (Å²) in [5.41, 5.74) is 2.40. The summed E-state index contributed by atoms with van der Waals surface area (Å²) in [6, 6.07) is 8.58. The second kappa shape index (κ2) is 8.60. The van der Waals surface area contributed by atoms with E-state index in [1.807, 2.05) is 12.1 Å². The van der Waals surface area contributed by atoms with E-state index in [0.29, 0.717) is 23.7 Å². The molecule has 0 saturated heterocycles. The quantitative estimate of drug-likeness (QED) is 0.741. The zero-order valence-electron chi connectivity index (χ0n) is 16.1. The van der Waals surface area contributed by atoms with Crippen molar-refractivity contribution in [2.75, 3.05) is 11.0 Å². The van der Waals surface area contributed by atoms with Gasteiger partial charge in [-0.2, -0.15) is 0 Å². The molecular weight excluding hydrogens is 378 g/mol. The minimum Gasteiger partial charge on any atom is -0.474 e. The molecule has 150 valence electrons. The average Bonchev–Trinajstić information content (AvgIpc) is 3.14. The highest BCUT2D eigenvalue weighted by molar-refractivity contribution is 7.92. The summed E-state index contributed by atoms with van der Waals surface area (Å²) in [6.07, 6.45) is 7.46. The highest BCUT2D eigenvalue weighted by Gasteiger charge is 2.17. The highest BCUT2D eigenvalue weighted by Crippen LogP contribution is 2.23. The van der Waals surface area contributed by atoms with Crippen LogP contribution >= 0.6 is 0 Å². The van der Waals surface area contributed by atoms with Crippen molar-refractivity contribution in [3.05, 3.63) is 53.2 Å². The van der Waals surface area contributed by atoms with Gasteiger partial charge in [0.2, 0.25) is 15.9 Å². The molecule has 8 heteroatoms. The molecule has 0 unspecified atom stereocenters. The summed E-state index contributed by atoms with van der Waals surface area (Å²) in [5, 5.41) is 2.85. The Morgan fingerprint density at radius 1 is 1.21 bits per heavy atom. The predicted octanol–water partition coefficient (Wildman–Crippen LogP) is 3.01. The minimum absolute atomic E-state index is 0.227. The van der Waals surface area contributed by atoms with Gasteiger partial charge >= 0.3 is 0 Å². The van der Waals surface area contributed by atoms with Gasteiger partial charge in [0.1, 0.15) is 6.10 Å². The Labute approximate surface area is 165 Å². The van der Waals surface area contributed by atoms with Crippen LogP contribution in [0.15, 0.2) is 36.5 Å². The molecule has 0 atom stereocenters. The van der Waals surface area contributed by atoms with Crippen molar-refractivity contribution in [1.29, 1.82) is 0 Å². The maximum absolute atomic E-state index is 12.5. The predicted molar refractivity (Wildman–Crippen MR) is 108 cm³/mol. The first-order valence-electron chi connectivity index (χ1n) is 9.28. The molecule has 1 saturated carbocycles. The van der Waals surface area contributed by atoms with Gasteiger partial charge < -0.3 is 10.1 Å². The van der Waals surface area contributed by atoms with E-state index in [4.69, 9.17) is 4.74 Å². The molecule has 1 aromatic carbocycles. The number of aryl methyl sites for hydroxylation is 1. The molecule has 2 aromatic rings. The zero-order valence-corrected chi connectivity index (χ0v) is 16.9. The van der Waals surface area contributed by atoms with Crippen molar-refractivity contribution >= 4 is 21.6 Å². The molecule has 1 fully saturated rings. The van der Waals surface area contributed by atoms with E-state index in [1.165, 1.54) is 18.9 Å². The van der Waals surface area contributed by atoms with Crippen molar-refractivity contribution < 1.29 is 17.9 Å². The molecule has 0 aliphatic heterocycles. The number of benzene rings is 1. The summed E-state index contributed by atoms with van der Waals surface area (Å²) in [5.74, 6) is 0.292. The van der Waals surface area contributed by atoms with Crippen LogP contribution in [-0.4, -0.2) is 31.7 Å². The van der Waals surface area contributed by atoms with Crippen LogP contribution in [0.3, 0.4) is 0 Å². The second-order valence-corrected chi connectivity index (χ2v) is 8.86. The molecule has 1 amide bonds. The topological polar surface area (TPSA) is 97.4 Å². The Morgan fingerprint density at radius 3 is 2.68 bits per heavy atom. The van der Waals surface area contributed by atoms with Crippen LogP contribution < -0.4 is 14.8 Å². The molecule has 1 aliphatic carbocycles. The number of rotatable bonds is 7. The van der Waals surface area contributed by atoms with E-state index < -0.39 is 10.0 Å². The van der Waals surface area contributed by atoms with Gasteiger partial charge in [-0.1, -0.05) is 6.07 Å². The Bertz CT molecular complexity index is 954. The number of aromatic nitrogens is 1. The lowest BCUT2D eigenvalue weighted by Crippen LogP contribution is -2.23. The average molecular weight is 404 g/mol. The number of pyridine rings is 1. The first-order chi connectivity index (χ1) is 13.3. The largest absolute Gasteiger partial charge is 0.474 e. The molecule has 28 heavy (non-hydrogen) atoms. The molecule has 3 rings (SSSR count). The van der Waals surface area contributed by atoms with Crippen molar-refractivity contribution in [2.24, 2.45) is 0 Å². The van der Waals surface area contributed by atoms with Gasteiger partial charge in [-0.05, 0) is 61.9 Å². The molecule has 0 bridgehead atoms. The number of ether oxygens (including phenoxy) is 1. The third-order valence-corrected chi connectivity index (χ3v) is 5.23. The molecule has 2 N–H and O–H groups in total. The van der Waals surface area contributed by atoms with Gasteiger partial charge in [0.25, 0.3) is 5.91 Å². The standard InChI is InChI=1S/C20H25N3O4S/c1-14-7-8-16(12-18(14)23-28(2,25)26)20(24)22-13-15-9-10-21-19(11-15)27-17-5-3-4-6-17/h7-12,17,23H,3-6,13H2,1-2H3,(H,22,24). The van der Waals surface area contributed by atoms with Gasteiger partial charge in [-0.25, -0.2) is 13.4 Å². The number of carbonyl (C=O) groups is 1. The Morgan fingerprint density at radius 2 is 1.96 bits per heavy atom. The van der Waals surface area contributed by atoms with Crippen LogP contribution in [0.25, 0.3) is 0 Å². The molecule has 0 radical (unpaired) electrons. The fourth-order valence-corrected chi connectivity index (χ4v) is 3.78. The monoisotopic (exact) mass is 403 g/mol. The first-order valence-corrected chi connectivity index (χ1v) is 11.2. The van der Waals surface area contributed by atoms with Crippen LogP contribution in [0.4, 0.5) is 5.69 Å². The fourth-order valence-electron chi connectivity index (χ4n) is 3.16. The van der Waals surface area contributed by atoms with Crippen LogP contribution in [0, 0.1) is 6.92 Å². The fraction of sp³-hybridized carbons (Fsp3) is 0.400. The van der Waals surface area contributed by atoms with E-state index in [-0.39, 0.29) is 12.0 Å². The van der Waals surface area contributed by atoms with E-state index in [2.05, 4.69) is 15.0 Å². The maximum Gasteiger partial charge on any atom is 0.251 e. The summed E-state index contributed by atoms with van der Waals surface area (Å²) >= 11 is 0. The number of nitrogens with zero attached hydrogens (tertiary/aromatic N) is 1. The number of hydrogen-bond donors (Lipinski definition) is 2. The third kappa shape index (κ3) is 5.69. The summed E-state index contributed by atoms with van der Waals surface area (Å²) < 4.78 is 31.3. The van der Waals surface area contributed by atoms with Gasteiger partial charge in [0, 0.05) is 24.4 Å². The van der Waals surface area contributed by atoms with Gasteiger partial charge in [0.05, 0.1) is 11.9 Å². The highest BCUT2D eigenvalue weighted by atomic mass is 32.2. The molecular formula is C20H25N3O4S. The number of hydrogen-bond acceptors (Lipinski definition) is 5. The number of carbonyl (C=O) groups excluding carboxylic acids is 1. The Balaban J connectivity index is 1.63. The number of nitrogens with one attached hydrogen (secondary N) is 2. The normalized spacial score (nSPS) is 14.6. The SMILES string of the molecule is Cc1ccc(C(=O)NCc2ccnc(OC3CCCC3)c2)cc1NS(C)(=O)=O. The van der Waals surface area contributed by atoms with Crippen molar-refractivity contribution in [3.63, 3.8) is 0 Å². The number of sulfonamides is 1. The molecule has 1 aromatic heterocycles. The van der Waals surface area contributed by atoms with Gasteiger partial charge in [-0.3, -0.25) is 9.52 Å².